The molecule has 6 nitrogen and oxygen atoms in total. The maximum atomic E-state index is 12.6. The highest BCUT2D eigenvalue weighted by Gasteiger charge is 2.28. The molecule has 0 heterocycles. The fraction of sp³-hybridized carbons (Fsp3) is 0.381. The van der Waals surface area contributed by atoms with E-state index in [4.69, 9.17) is 11.6 Å². The Hall–Kier alpha value is -1.93. The molecule has 0 saturated heterocycles. The van der Waals surface area contributed by atoms with E-state index in [-0.39, 0.29) is 22.9 Å². The summed E-state index contributed by atoms with van der Waals surface area (Å²) in [6, 6.07) is 13.8. The van der Waals surface area contributed by atoms with Crippen LogP contribution in [0.4, 0.5) is 0 Å². The molecule has 0 bridgehead atoms. The lowest BCUT2D eigenvalue weighted by Gasteiger charge is -2.22. The Morgan fingerprint density at radius 1 is 1.07 bits per heavy atom. The van der Waals surface area contributed by atoms with Gasteiger partial charge in [-0.05, 0) is 74.2 Å². The van der Waals surface area contributed by atoms with Crippen LogP contribution in [0.5, 0.6) is 0 Å². The number of halogens is 1. The average Bonchev–Trinajstić information content (AvgIpc) is 3.16. The Bertz CT molecular complexity index is 930. The maximum Gasteiger partial charge on any atom is 0.296 e. The topological polar surface area (TPSA) is 84.5 Å². The molecule has 2 N–H and O–H groups in total. The lowest BCUT2D eigenvalue weighted by atomic mass is 10.1. The minimum absolute atomic E-state index is 0.0270. The van der Waals surface area contributed by atoms with Crippen LogP contribution in [-0.4, -0.2) is 40.1 Å². The van der Waals surface area contributed by atoms with E-state index in [1.807, 2.05) is 24.3 Å². The first kappa shape index (κ1) is 21.8. The van der Waals surface area contributed by atoms with Crippen molar-refractivity contribution in [3.05, 3.63) is 64.7 Å². The van der Waals surface area contributed by atoms with E-state index in [9.17, 15) is 13.2 Å². The van der Waals surface area contributed by atoms with Gasteiger partial charge in [0.15, 0.2) is 0 Å². The van der Waals surface area contributed by atoms with E-state index < -0.39 is 10.1 Å². The molecule has 0 spiro atoms. The quantitative estimate of drug-likeness (QED) is 0.621. The summed E-state index contributed by atoms with van der Waals surface area (Å²) < 4.78 is 27.8. The third-order valence-corrected chi connectivity index (χ3v) is 6.73. The first-order valence-electron chi connectivity index (χ1n) is 9.58. The molecule has 1 aliphatic rings. The van der Waals surface area contributed by atoms with Crippen LogP contribution in [-0.2, 0) is 20.7 Å². The van der Waals surface area contributed by atoms with Crippen LogP contribution in [0.25, 0.3) is 0 Å². The number of carbonyl (C=O) groups is 1. The van der Waals surface area contributed by atoms with Gasteiger partial charge in [-0.15, -0.1) is 0 Å². The second-order valence-corrected chi connectivity index (χ2v) is 9.24. The van der Waals surface area contributed by atoms with Gasteiger partial charge in [-0.3, -0.25) is 8.98 Å². The lowest BCUT2D eigenvalue weighted by molar-refractivity contribution is 0.0931. The number of nitrogens with one attached hydrogen (secondary N) is 2. The summed E-state index contributed by atoms with van der Waals surface area (Å²) >= 11 is 5.91. The van der Waals surface area contributed by atoms with Crippen molar-refractivity contribution in [1.82, 2.24) is 10.6 Å². The fourth-order valence-electron chi connectivity index (χ4n) is 3.55. The third kappa shape index (κ3) is 5.79. The molecule has 156 valence electrons. The van der Waals surface area contributed by atoms with Gasteiger partial charge in [0.2, 0.25) is 0 Å². The van der Waals surface area contributed by atoms with Crippen molar-refractivity contribution in [2.45, 2.75) is 42.7 Å². The van der Waals surface area contributed by atoms with Crippen molar-refractivity contribution in [1.29, 1.82) is 0 Å². The van der Waals surface area contributed by atoms with Crippen LogP contribution in [0, 0.1) is 0 Å². The Labute approximate surface area is 176 Å². The number of benzene rings is 2. The van der Waals surface area contributed by atoms with E-state index in [2.05, 4.69) is 14.8 Å². The van der Waals surface area contributed by atoms with Gasteiger partial charge in [0.1, 0.15) is 0 Å². The Balaban J connectivity index is 1.53. The van der Waals surface area contributed by atoms with Crippen LogP contribution < -0.4 is 10.6 Å². The van der Waals surface area contributed by atoms with Gasteiger partial charge >= 0.3 is 0 Å². The molecule has 8 heteroatoms. The van der Waals surface area contributed by atoms with Crippen LogP contribution in [0.3, 0.4) is 0 Å². The molecule has 1 amide bonds. The molecule has 29 heavy (non-hydrogen) atoms. The minimum Gasteiger partial charge on any atom is -0.348 e. The summed E-state index contributed by atoms with van der Waals surface area (Å²) in [5, 5.41) is 7.35. The summed E-state index contributed by atoms with van der Waals surface area (Å²) in [4.78, 5) is 12.6. The number of hydrogen-bond donors (Lipinski definition) is 2. The zero-order chi connectivity index (χ0) is 20.9. The highest BCUT2D eigenvalue weighted by atomic mass is 35.5. The molecule has 1 fully saturated rings. The Kier molecular flexibility index (Phi) is 7.29. The van der Waals surface area contributed by atoms with E-state index in [0.29, 0.717) is 5.56 Å². The Morgan fingerprint density at radius 2 is 1.72 bits per heavy atom. The average molecular weight is 437 g/mol. The molecular weight excluding hydrogens is 412 g/mol. The Morgan fingerprint density at radius 3 is 2.38 bits per heavy atom. The van der Waals surface area contributed by atoms with Crippen LogP contribution in [0.2, 0.25) is 5.02 Å². The smallest absolute Gasteiger partial charge is 0.296 e. The highest BCUT2D eigenvalue weighted by Crippen LogP contribution is 2.20. The molecule has 2 atom stereocenters. The molecule has 1 saturated carbocycles. The summed E-state index contributed by atoms with van der Waals surface area (Å²) in [5.74, 6) is -0.206. The van der Waals surface area contributed by atoms with E-state index >= 15 is 0 Å². The maximum absolute atomic E-state index is 12.6. The summed E-state index contributed by atoms with van der Waals surface area (Å²) in [7, 11) is -2.65. The molecule has 0 unspecified atom stereocenters. The van der Waals surface area contributed by atoms with Crippen molar-refractivity contribution in [2.24, 2.45) is 0 Å². The number of carbonyl (C=O) groups excluding carboxylic acids is 1. The van der Waals surface area contributed by atoms with E-state index in [1.165, 1.54) is 29.8 Å². The molecule has 0 aromatic heterocycles. The number of hydrogen-bond acceptors (Lipinski definition) is 5. The van der Waals surface area contributed by atoms with Crippen molar-refractivity contribution in [3.63, 3.8) is 0 Å². The predicted molar refractivity (Wildman–Crippen MR) is 113 cm³/mol. The molecule has 1 aliphatic carbocycles. The van der Waals surface area contributed by atoms with Gasteiger partial charge in [0.05, 0.1) is 12.0 Å². The standard InChI is InChI=1S/C21H25ClN2O4S/c1-28-29(26,27)18-11-7-16(8-12-18)21(25)24-20-4-2-3-19(20)23-14-13-15-5-9-17(22)10-6-15/h5-12,19-20,23H,2-4,13-14H2,1H3,(H,24,25)/t19-,20-/m1/s1. The third-order valence-electron chi connectivity index (χ3n) is 5.19. The largest absolute Gasteiger partial charge is 0.348 e. The zero-order valence-electron chi connectivity index (χ0n) is 16.2. The first-order chi connectivity index (χ1) is 13.9. The lowest BCUT2D eigenvalue weighted by Crippen LogP contribution is -2.47. The van der Waals surface area contributed by atoms with Gasteiger partial charge in [-0.2, -0.15) is 8.42 Å². The number of rotatable bonds is 8. The van der Waals surface area contributed by atoms with E-state index in [0.717, 1.165) is 44.4 Å². The monoisotopic (exact) mass is 436 g/mol. The van der Waals surface area contributed by atoms with Gasteiger partial charge in [-0.1, -0.05) is 23.7 Å². The van der Waals surface area contributed by atoms with Crippen molar-refractivity contribution < 1.29 is 17.4 Å². The molecule has 2 aromatic carbocycles. The molecule has 2 aromatic rings. The summed E-state index contributed by atoms with van der Waals surface area (Å²) in [6.07, 6.45) is 3.87. The number of amides is 1. The summed E-state index contributed by atoms with van der Waals surface area (Å²) in [5.41, 5.74) is 1.64. The molecule has 0 radical (unpaired) electrons. The highest BCUT2D eigenvalue weighted by molar-refractivity contribution is 7.86. The summed E-state index contributed by atoms with van der Waals surface area (Å²) in [6.45, 7) is 0.822. The fourth-order valence-corrected chi connectivity index (χ4v) is 4.34. The van der Waals surface area contributed by atoms with Gasteiger partial charge < -0.3 is 10.6 Å². The predicted octanol–water partition coefficient (Wildman–Crippen LogP) is 3.16. The van der Waals surface area contributed by atoms with Crippen molar-refractivity contribution in [2.75, 3.05) is 13.7 Å². The van der Waals surface area contributed by atoms with Crippen LogP contribution in [0.1, 0.15) is 35.2 Å². The molecule has 0 aliphatic heterocycles. The van der Waals surface area contributed by atoms with E-state index in [1.54, 1.807) is 0 Å². The minimum atomic E-state index is -3.76. The van der Waals surface area contributed by atoms with Gasteiger partial charge in [-0.25, -0.2) is 0 Å². The normalized spacial score (nSPS) is 19.2. The van der Waals surface area contributed by atoms with Crippen LogP contribution >= 0.6 is 11.6 Å². The zero-order valence-corrected chi connectivity index (χ0v) is 17.8. The molecule has 3 rings (SSSR count). The second-order valence-electron chi connectivity index (χ2n) is 7.09. The van der Waals surface area contributed by atoms with Crippen molar-refractivity contribution >= 4 is 27.6 Å². The van der Waals surface area contributed by atoms with Crippen molar-refractivity contribution in [3.8, 4) is 0 Å². The van der Waals surface area contributed by atoms with Gasteiger partial charge in [0.25, 0.3) is 16.0 Å². The first-order valence-corrected chi connectivity index (χ1v) is 11.4. The van der Waals surface area contributed by atoms with Crippen LogP contribution in [0.15, 0.2) is 53.4 Å². The second kappa shape index (κ2) is 9.71. The molecular formula is C21H25ClN2O4S. The SMILES string of the molecule is COS(=O)(=O)c1ccc(C(=O)N[C@@H]2CCC[C@H]2NCCc2ccc(Cl)cc2)cc1. The van der Waals surface area contributed by atoms with Gasteiger partial charge in [0, 0.05) is 22.7 Å².